The van der Waals surface area contributed by atoms with Gasteiger partial charge in [-0.25, -0.2) is 4.79 Å². The van der Waals surface area contributed by atoms with Crippen LogP contribution in [0.25, 0.3) is 0 Å². The van der Waals surface area contributed by atoms with E-state index in [2.05, 4.69) is 29.6 Å². The molecule has 0 aromatic rings. The van der Waals surface area contributed by atoms with Gasteiger partial charge in [0.15, 0.2) is 0 Å². The van der Waals surface area contributed by atoms with Crippen molar-refractivity contribution in [2.75, 3.05) is 13.1 Å². The maximum Gasteiger partial charge on any atom is 0.317 e. The summed E-state index contributed by atoms with van der Waals surface area (Å²) in [5.41, 5.74) is 0. The summed E-state index contributed by atoms with van der Waals surface area (Å²) < 4.78 is 0. The zero-order chi connectivity index (χ0) is 10.3. The molecule has 3 rings (SSSR count). The van der Waals surface area contributed by atoms with E-state index in [0.29, 0.717) is 17.9 Å². The second kappa shape index (κ2) is 3.40. The zero-order valence-corrected chi connectivity index (χ0v) is 8.73. The minimum absolute atomic E-state index is 0.132. The van der Waals surface area contributed by atoms with E-state index < -0.39 is 0 Å². The highest BCUT2D eigenvalue weighted by Gasteiger charge is 2.39. The van der Waals surface area contributed by atoms with Crippen molar-refractivity contribution in [1.82, 2.24) is 10.2 Å². The number of carbonyl (C=O) groups excluding carboxylic acids is 1. The monoisotopic (exact) mass is 204 g/mol. The van der Waals surface area contributed by atoms with Crippen LogP contribution < -0.4 is 5.32 Å². The molecule has 2 saturated heterocycles. The normalized spacial score (nSPS) is 38.3. The first-order chi connectivity index (χ1) is 7.36. The lowest BCUT2D eigenvalue weighted by molar-refractivity contribution is 0.0875. The smallest absolute Gasteiger partial charge is 0.317 e. The molecule has 15 heavy (non-hydrogen) atoms. The first-order valence-corrected chi connectivity index (χ1v) is 5.76. The summed E-state index contributed by atoms with van der Waals surface area (Å²) in [6.45, 7) is 1.75. The molecular formula is C12H16N2O. The Kier molecular flexibility index (Phi) is 2.04. The molecule has 3 atom stereocenters. The number of fused-ring (bicyclic) bond motifs is 3. The maximum absolute atomic E-state index is 11.7. The third kappa shape index (κ3) is 1.37. The van der Waals surface area contributed by atoms with Gasteiger partial charge < -0.3 is 10.2 Å². The molecule has 0 radical (unpaired) electrons. The van der Waals surface area contributed by atoms with Crippen LogP contribution in [-0.4, -0.2) is 30.1 Å². The Morgan fingerprint density at radius 2 is 2.13 bits per heavy atom. The molecule has 1 aliphatic carbocycles. The van der Waals surface area contributed by atoms with Crippen LogP contribution in [0.15, 0.2) is 24.3 Å². The Morgan fingerprint density at radius 3 is 3.07 bits per heavy atom. The van der Waals surface area contributed by atoms with Crippen molar-refractivity contribution in [2.45, 2.75) is 18.9 Å². The summed E-state index contributed by atoms with van der Waals surface area (Å²) in [5, 5.41) is 2.92. The molecule has 2 amide bonds. The molecule has 0 spiro atoms. The lowest BCUT2D eigenvalue weighted by Gasteiger charge is -2.47. The Hall–Kier alpha value is -1.25. The third-order valence-electron chi connectivity index (χ3n) is 3.82. The molecule has 1 N–H and O–H groups in total. The van der Waals surface area contributed by atoms with Gasteiger partial charge in [-0.3, -0.25) is 0 Å². The van der Waals surface area contributed by atoms with Crippen molar-refractivity contribution in [1.29, 1.82) is 0 Å². The number of carbonyl (C=O) groups is 1. The number of nitrogens with zero attached hydrogens (tertiary/aromatic N) is 1. The number of nitrogens with one attached hydrogen (secondary N) is 1. The van der Waals surface area contributed by atoms with E-state index in [9.17, 15) is 4.79 Å². The van der Waals surface area contributed by atoms with Crippen molar-refractivity contribution in [3.8, 4) is 0 Å². The average molecular weight is 204 g/mol. The molecule has 2 aliphatic heterocycles. The number of rotatable bonds is 0. The second-order valence-electron chi connectivity index (χ2n) is 4.58. The number of hydrogen-bond acceptors (Lipinski definition) is 1. The SMILES string of the molecule is O=C1NCCC2C3C=CC=CC3CCN12. The van der Waals surface area contributed by atoms with Crippen LogP contribution in [0, 0.1) is 11.8 Å². The van der Waals surface area contributed by atoms with Crippen molar-refractivity contribution < 1.29 is 4.79 Å². The van der Waals surface area contributed by atoms with Gasteiger partial charge in [-0.05, 0) is 18.8 Å². The summed E-state index contributed by atoms with van der Waals surface area (Å²) in [6.07, 6.45) is 11.0. The van der Waals surface area contributed by atoms with Gasteiger partial charge in [-0.15, -0.1) is 0 Å². The summed E-state index contributed by atoms with van der Waals surface area (Å²) in [5.74, 6) is 1.21. The first kappa shape index (κ1) is 9.01. The van der Waals surface area contributed by atoms with Gasteiger partial charge in [0, 0.05) is 25.0 Å². The van der Waals surface area contributed by atoms with E-state index >= 15 is 0 Å². The molecule has 0 saturated carbocycles. The highest BCUT2D eigenvalue weighted by Crippen LogP contribution is 2.35. The highest BCUT2D eigenvalue weighted by atomic mass is 16.2. The molecule has 3 nitrogen and oxygen atoms in total. The summed E-state index contributed by atoms with van der Waals surface area (Å²) in [7, 11) is 0. The molecule has 3 heteroatoms. The molecule has 3 unspecified atom stereocenters. The van der Waals surface area contributed by atoms with E-state index in [1.807, 2.05) is 4.90 Å². The second-order valence-corrected chi connectivity index (χ2v) is 4.58. The Morgan fingerprint density at radius 1 is 1.27 bits per heavy atom. The van der Waals surface area contributed by atoms with E-state index in [-0.39, 0.29) is 6.03 Å². The molecule has 3 aliphatic rings. The third-order valence-corrected chi connectivity index (χ3v) is 3.82. The minimum Gasteiger partial charge on any atom is -0.338 e. The van der Waals surface area contributed by atoms with Crippen LogP contribution in [0.4, 0.5) is 4.79 Å². The van der Waals surface area contributed by atoms with Gasteiger partial charge in [0.1, 0.15) is 0 Å². The van der Waals surface area contributed by atoms with Gasteiger partial charge in [0.05, 0.1) is 0 Å². The summed E-state index contributed by atoms with van der Waals surface area (Å²) in [4.78, 5) is 13.7. The van der Waals surface area contributed by atoms with Gasteiger partial charge >= 0.3 is 6.03 Å². The average Bonchev–Trinajstić information content (AvgIpc) is 2.29. The molecule has 80 valence electrons. The van der Waals surface area contributed by atoms with Crippen LogP contribution in [0.3, 0.4) is 0 Å². The molecule has 2 fully saturated rings. The fourth-order valence-electron chi connectivity index (χ4n) is 3.06. The van der Waals surface area contributed by atoms with E-state index in [1.165, 1.54) is 0 Å². The first-order valence-electron chi connectivity index (χ1n) is 5.76. The van der Waals surface area contributed by atoms with Crippen molar-refractivity contribution in [2.24, 2.45) is 11.8 Å². The standard InChI is InChI=1S/C12H16N2O/c15-12-13-7-5-11-10-4-2-1-3-9(10)6-8-14(11)12/h1-4,9-11H,5-8H2,(H,13,15). The number of amides is 2. The van der Waals surface area contributed by atoms with Gasteiger partial charge in [-0.1, -0.05) is 24.3 Å². The Bertz CT molecular complexity index is 335. The Labute approximate surface area is 89.8 Å². The fraction of sp³-hybridized carbons (Fsp3) is 0.583. The van der Waals surface area contributed by atoms with Crippen LogP contribution in [0.5, 0.6) is 0 Å². The minimum atomic E-state index is 0.132. The van der Waals surface area contributed by atoms with Gasteiger partial charge in [-0.2, -0.15) is 0 Å². The summed E-state index contributed by atoms with van der Waals surface area (Å²) in [6, 6.07) is 0.561. The van der Waals surface area contributed by atoms with Crippen molar-refractivity contribution >= 4 is 6.03 Å². The van der Waals surface area contributed by atoms with Crippen molar-refractivity contribution in [3.63, 3.8) is 0 Å². The number of allylic oxidation sites excluding steroid dienone is 3. The maximum atomic E-state index is 11.7. The molecule has 0 aromatic heterocycles. The lowest BCUT2D eigenvalue weighted by atomic mass is 9.76. The highest BCUT2D eigenvalue weighted by molar-refractivity contribution is 5.75. The quantitative estimate of drug-likeness (QED) is 0.637. The predicted octanol–water partition coefficient (Wildman–Crippen LogP) is 1.53. The van der Waals surface area contributed by atoms with Gasteiger partial charge in [0.2, 0.25) is 0 Å². The van der Waals surface area contributed by atoms with Crippen LogP contribution in [0.2, 0.25) is 0 Å². The number of piperidine rings is 1. The van der Waals surface area contributed by atoms with E-state index in [4.69, 9.17) is 0 Å². The largest absolute Gasteiger partial charge is 0.338 e. The number of urea groups is 1. The fourth-order valence-corrected chi connectivity index (χ4v) is 3.06. The van der Waals surface area contributed by atoms with Crippen LogP contribution in [0.1, 0.15) is 12.8 Å². The van der Waals surface area contributed by atoms with Gasteiger partial charge in [0.25, 0.3) is 0 Å². The van der Waals surface area contributed by atoms with E-state index in [0.717, 1.165) is 25.9 Å². The van der Waals surface area contributed by atoms with Crippen LogP contribution >= 0.6 is 0 Å². The van der Waals surface area contributed by atoms with E-state index in [1.54, 1.807) is 0 Å². The molecule has 0 bridgehead atoms. The Balaban J connectivity index is 1.86. The molecular weight excluding hydrogens is 188 g/mol. The van der Waals surface area contributed by atoms with Crippen LogP contribution in [-0.2, 0) is 0 Å². The molecule has 0 aromatic carbocycles. The number of hydrogen-bond donors (Lipinski definition) is 1. The predicted molar refractivity (Wildman–Crippen MR) is 58.4 cm³/mol. The lowest BCUT2D eigenvalue weighted by Crippen LogP contribution is -2.58. The zero-order valence-electron chi connectivity index (χ0n) is 8.73. The topological polar surface area (TPSA) is 32.3 Å². The molecule has 2 heterocycles. The van der Waals surface area contributed by atoms with Crippen molar-refractivity contribution in [3.05, 3.63) is 24.3 Å². The summed E-state index contributed by atoms with van der Waals surface area (Å²) >= 11 is 0.